The highest BCUT2D eigenvalue weighted by atomic mass is 35.5. The lowest BCUT2D eigenvalue weighted by molar-refractivity contribution is 0.256. The Morgan fingerprint density at radius 1 is 1.39 bits per heavy atom. The molecule has 0 aromatic heterocycles. The van der Waals surface area contributed by atoms with Crippen LogP contribution in [0, 0.1) is 0 Å². The summed E-state index contributed by atoms with van der Waals surface area (Å²) in [5.41, 5.74) is 6.70. The first-order valence-electron chi connectivity index (χ1n) is 6.14. The predicted octanol–water partition coefficient (Wildman–Crippen LogP) is 2.74. The van der Waals surface area contributed by atoms with Gasteiger partial charge in [-0.3, -0.25) is 0 Å². The maximum Gasteiger partial charge on any atom is 0.0640 e. The largest absolute Gasteiger partial charge is 0.396 e. The van der Waals surface area contributed by atoms with Crippen LogP contribution in [0.15, 0.2) is 18.2 Å². The molecule has 0 amide bonds. The van der Waals surface area contributed by atoms with Crippen molar-refractivity contribution >= 4 is 23.2 Å². The molecule has 0 aliphatic rings. The Labute approximate surface area is 118 Å². The summed E-state index contributed by atoms with van der Waals surface area (Å²) in [7, 11) is 0. The number of rotatable bonds is 7. The van der Waals surface area contributed by atoms with Gasteiger partial charge in [0.25, 0.3) is 0 Å². The summed E-state index contributed by atoms with van der Waals surface area (Å²) in [6, 6.07) is 5.71. The van der Waals surface area contributed by atoms with Gasteiger partial charge >= 0.3 is 0 Å². The number of nitrogens with two attached hydrogens (primary N) is 1. The van der Waals surface area contributed by atoms with E-state index in [1.807, 2.05) is 12.1 Å². The summed E-state index contributed by atoms with van der Waals surface area (Å²) in [6.07, 6.45) is 1.63. The minimum absolute atomic E-state index is 0.0484. The van der Waals surface area contributed by atoms with Crippen LogP contribution in [0.1, 0.15) is 31.4 Å². The van der Waals surface area contributed by atoms with Gasteiger partial charge in [0.05, 0.1) is 10.0 Å². The highest BCUT2D eigenvalue weighted by molar-refractivity contribution is 6.42. The average Bonchev–Trinajstić information content (AvgIpc) is 2.38. The highest BCUT2D eigenvalue weighted by Gasteiger charge is 2.17. The molecule has 0 fully saturated rings. The van der Waals surface area contributed by atoms with Crippen LogP contribution in [0.3, 0.4) is 0 Å². The van der Waals surface area contributed by atoms with Crippen LogP contribution in [0.5, 0.6) is 0 Å². The lowest BCUT2D eigenvalue weighted by atomic mass is 10.0. The van der Waals surface area contributed by atoms with Gasteiger partial charge in [0.2, 0.25) is 0 Å². The van der Waals surface area contributed by atoms with E-state index in [4.69, 9.17) is 34.0 Å². The van der Waals surface area contributed by atoms with Crippen LogP contribution in [-0.4, -0.2) is 24.3 Å². The minimum atomic E-state index is -0.0484. The number of halogens is 2. The summed E-state index contributed by atoms with van der Waals surface area (Å²) in [5, 5.41) is 13.5. The molecule has 0 heterocycles. The molecule has 0 spiro atoms. The molecule has 1 aromatic rings. The third-order valence-corrected chi connectivity index (χ3v) is 3.83. The van der Waals surface area contributed by atoms with E-state index in [2.05, 4.69) is 12.2 Å². The van der Waals surface area contributed by atoms with Crippen molar-refractivity contribution in [1.29, 1.82) is 0 Å². The van der Waals surface area contributed by atoms with Crippen molar-refractivity contribution in [2.75, 3.05) is 13.2 Å². The van der Waals surface area contributed by atoms with E-state index in [1.165, 1.54) is 0 Å². The van der Waals surface area contributed by atoms with Crippen LogP contribution in [0.2, 0.25) is 10.0 Å². The quantitative estimate of drug-likeness (QED) is 0.724. The van der Waals surface area contributed by atoms with Crippen molar-refractivity contribution in [2.24, 2.45) is 5.73 Å². The molecule has 2 unspecified atom stereocenters. The van der Waals surface area contributed by atoms with Gasteiger partial charge in [-0.2, -0.15) is 0 Å². The van der Waals surface area contributed by atoms with Crippen LogP contribution in [0.4, 0.5) is 0 Å². The molecule has 0 bridgehead atoms. The Kier molecular flexibility index (Phi) is 6.97. The summed E-state index contributed by atoms with van der Waals surface area (Å²) >= 11 is 12.2. The third-order valence-electron chi connectivity index (χ3n) is 3.00. The SMILES string of the molecule is CCC(CCO)NC(CN)c1cccc(Cl)c1Cl. The van der Waals surface area contributed by atoms with Crippen molar-refractivity contribution in [3.05, 3.63) is 33.8 Å². The summed E-state index contributed by atoms with van der Waals surface area (Å²) in [6.45, 7) is 2.66. The maximum atomic E-state index is 9.00. The van der Waals surface area contributed by atoms with Gasteiger partial charge in [-0.15, -0.1) is 0 Å². The second kappa shape index (κ2) is 7.97. The van der Waals surface area contributed by atoms with Gasteiger partial charge in [-0.25, -0.2) is 0 Å². The summed E-state index contributed by atoms with van der Waals surface area (Å²) in [5.74, 6) is 0. The molecule has 1 aromatic carbocycles. The van der Waals surface area contributed by atoms with E-state index in [-0.39, 0.29) is 18.7 Å². The average molecular weight is 291 g/mol. The summed E-state index contributed by atoms with van der Waals surface area (Å²) in [4.78, 5) is 0. The second-order valence-corrected chi connectivity index (χ2v) is 5.00. The first-order chi connectivity index (χ1) is 8.63. The zero-order valence-corrected chi connectivity index (χ0v) is 12.0. The fourth-order valence-electron chi connectivity index (χ4n) is 1.92. The van der Waals surface area contributed by atoms with E-state index in [0.29, 0.717) is 23.0 Å². The number of nitrogens with one attached hydrogen (secondary N) is 1. The molecular weight excluding hydrogens is 271 g/mol. The molecule has 18 heavy (non-hydrogen) atoms. The molecule has 1 rings (SSSR count). The van der Waals surface area contributed by atoms with Crippen LogP contribution < -0.4 is 11.1 Å². The van der Waals surface area contributed by atoms with Gasteiger partial charge in [-0.1, -0.05) is 42.3 Å². The smallest absolute Gasteiger partial charge is 0.0640 e. The topological polar surface area (TPSA) is 58.3 Å². The normalized spacial score (nSPS) is 14.5. The predicted molar refractivity (Wildman–Crippen MR) is 77.2 cm³/mol. The van der Waals surface area contributed by atoms with Crippen LogP contribution in [-0.2, 0) is 0 Å². The van der Waals surface area contributed by atoms with Crippen molar-refractivity contribution in [1.82, 2.24) is 5.32 Å². The Hall–Kier alpha value is -0.320. The van der Waals surface area contributed by atoms with Gasteiger partial charge in [0, 0.05) is 25.2 Å². The van der Waals surface area contributed by atoms with Gasteiger partial charge < -0.3 is 16.2 Å². The molecule has 3 nitrogen and oxygen atoms in total. The molecule has 0 radical (unpaired) electrons. The molecule has 4 N–H and O–H groups in total. The molecule has 0 saturated carbocycles. The second-order valence-electron chi connectivity index (χ2n) is 4.22. The number of benzene rings is 1. The van der Waals surface area contributed by atoms with E-state index < -0.39 is 0 Å². The molecule has 5 heteroatoms. The first kappa shape index (κ1) is 15.7. The lowest BCUT2D eigenvalue weighted by Gasteiger charge is -2.25. The van der Waals surface area contributed by atoms with E-state index in [0.717, 1.165) is 12.0 Å². The monoisotopic (exact) mass is 290 g/mol. The number of hydrogen-bond acceptors (Lipinski definition) is 3. The number of aliphatic hydroxyl groups is 1. The van der Waals surface area contributed by atoms with Gasteiger partial charge in [-0.05, 0) is 24.5 Å². The number of aliphatic hydroxyl groups excluding tert-OH is 1. The van der Waals surface area contributed by atoms with Crippen molar-refractivity contribution < 1.29 is 5.11 Å². The van der Waals surface area contributed by atoms with E-state index in [1.54, 1.807) is 6.07 Å². The van der Waals surface area contributed by atoms with E-state index >= 15 is 0 Å². The third kappa shape index (κ3) is 4.11. The number of hydrogen-bond donors (Lipinski definition) is 3. The van der Waals surface area contributed by atoms with Crippen molar-refractivity contribution in [3.63, 3.8) is 0 Å². The Morgan fingerprint density at radius 3 is 2.67 bits per heavy atom. The van der Waals surface area contributed by atoms with Crippen LogP contribution in [0.25, 0.3) is 0 Å². The molecule has 2 atom stereocenters. The molecule has 0 aliphatic carbocycles. The van der Waals surface area contributed by atoms with E-state index in [9.17, 15) is 0 Å². The summed E-state index contributed by atoms with van der Waals surface area (Å²) < 4.78 is 0. The molecular formula is C13H20Cl2N2O. The molecule has 0 saturated heterocycles. The maximum absolute atomic E-state index is 9.00. The van der Waals surface area contributed by atoms with Crippen LogP contribution >= 0.6 is 23.2 Å². The van der Waals surface area contributed by atoms with Gasteiger partial charge in [0.1, 0.15) is 0 Å². The highest BCUT2D eigenvalue weighted by Crippen LogP contribution is 2.30. The molecule has 0 aliphatic heterocycles. The minimum Gasteiger partial charge on any atom is -0.396 e. The zero-order valence-electron chi connectivity index (χ0n) is 10.5. The zero-order chi connectivity index (χ0) is 13.5. The fraction of sp³-hybridized carbons (Fsp3) is 0.538. The van der Waals surface area contributed by atoms with Gasteiger partial charge in [0.15, 0.2) is 0 Å². The Morgan fingerprint density at radius 2 is 2.11 bits per heavy atom. The Balaban J connectivity index is 2.85. The fourth-order valence-corrected chi connectivity index (χ4v) is 2.36. The molecule has 102 valence electrons. The lowest BCUT2D eigenvalue weighted by Crippen LogP contribution is -2.37. The van der Waals surface area contributed by atoms with Crippen molar-refractivity contribution in [2.45, 2.75) is 31.8 Å². The van der Waals surface area contributed by atoms with Crippen molar-refractivity contribution in [3.8, 4) is 0 Å². The Bertz CT molecular complexity index is 374. The standard InChI is InChI=1S/C13H20Cl2N2O/c1-2-9(6-7-18)17-12(8-16)10-4-3-5-11(14)13(10)15/h3-5,9,12,17-18H,2,6-8,16H2,1H3. The first-order valence-corrected chi connectivity index (χ1v) is 6.90.